The van der Waals surface area contributed by atoms with Gasteiger partial charge in [-0.05, 0) is 72.0 Å². The number of hydrogen-bond acceptors (Lipinski definition) is 3. The van der Waals surface area contributed by atoms with Gasteiger partial charge in [-0.3, -0.25) is 14.6 Å². The Hall–Kier alpha value is -4.02. The van der Waals surface area contributed by atoms with Crippen LogP contribution in [0.2, 0.25) is 5.02 Å². The molecule has 1 fully saturated rings. The molecule has 8 rings (SSSR count). The first kappa shape index (κ1) is 23.1. The van der Waals surface area contributed by atoms with E-state index in [2.05, 4.69) is 24.3 Å². The van der Waals surface area contributed by atoms with Crippen molar-refractivity contribution in [2.75, 3.05) is 4.90 Å². The molecule has 0 spiro atoms. The van der Waals surface area contributed by atoms with E-state index in [1.807, 2.05) is 74.7 Å². The molecular weight excluding hydrogens is 492 g/mol. The SMILES string of the molecule is Cc1ccc(N2C(=O)[C@@H]3[C@@H](C2=O)C2c4ccccc4C3(C=Nc3ccc(Cl)cc3)c3ccccc32)c(C)c1. The van der Waals surface area contributed by atoms with Gasteiger partial charge in [-0.15, -0.1) is 0 Å². The summed E-state index contributed by atoms with van der Waals surface area (Å²) < 4.78 is 0. The Balaban J connectivity index is 1.50. The molecule has 4 nitrogen and oxygen atoms in total. The van der Waals surface area contributed by atoms with Crippen LogP contribution in [-0.2, 0) is 15.0 Å². The van der Waals surface area contributed by atoms with E-state index >= 15 is 0 Å². The molecule has 0 radical (unpaired) electrons. The Morgan fingerprint density at radius 1 is 0.816 bits per heavy atom. The molecule has 2 bridgehead atoms. The Labute approximate surface area is 226 Å². The quantitative estimate of drug-likeness (QED) is 0.219. The third-order valence-corrected chi connectivity index (χ3v) is 8.77. The average molecular weight is 517 g/mol. The first-order chi connectivity index (χ1) is 18.4. The van der Waals surface area contributed by atoms with Gasteiger partial charge in [0.25, 0.3) is 0 Å². The van der Waals surface area contributed by atoms with Crippen LogP contribution in [0.15, 0.2) is 96.0 Å². The zero-order chi connectivity index (χ0) is 26.2. The fourth-order valence-corrected chi connectivity index (χ4v) is 7.17. The van der Waals surface area contributed by atoms with E-state index in [-0.39, 0.29) is 17.7 Å². The zero-order valence-corrected chi connectivity index (χ0v) is 21.8. The van der Waals surface area contributed by atoms with E-state index in [1.165, 1.54) is 4.90 Å². The standard InChI is InChI=1S/C33H25ClN2O2/c1-19-11-16-27(20(2)17-19)36-31(37)29-28-23-7-3-5-9-25(23)33(30(29)32(36)38,26-10-6-4-8-24(26)28)18-35-22-14-12-21(34)13-15-22/h3-18,28-30H,1-2H3/t28?,29-,30-,33?/m0/s1. The number of aliphatic imine (C=N–C) groups is 1. The molecule has 186 valence electrons. The lowest BCUT2D eigenvalue weighted by molar-refractivity contribution is -0.122. The highest BCUT2D eigenvalue weighted by molar-refractivity contribution is 6.30. The van der Waals surface area contributed by atoms with E-state index < -0.39 is 17.3 Å². The molecular formula is C33H25ClN2O2. The minimum Gasteiger partial charge on any atom is -0.274 e. The Morgan fingerprint density at radius 3 is 2.08 bits per heavy atom. The predicted molar refractivity (Wildman–Crippen MR) is 150 cm³/mol. The van der Waals surface area contributed by atoms with Crippen LogP contribution in [0.1, 0.15) is 39.3 Å². The smallest absolute Gasteiger partial charge is 0.239 e. The normalized spacial score (nSPS) is 25.0. The molecule has 0 saturated carbocycles. The summed E-state index contributed by atoms with van der Waals surface area (Å²) >= 11 is 6.12. The maximum Gasteiger partial charge on any atom is 0.239 e. The molecule has 1 aliphatic heterocycles. The average Bonchev–Trinajstić information content (AvgIpc) is 3.19. The summed E-state index contributed by atoms with van der Waals surface area (Å²) in [6.07, 6.45) is 1.91. The topological polar surface area (TPSA) is 49.7 Å². The number of benzene rings is 4. The predicted octanol–water partition coefficient (Wildman–Crippen LogP) is 6.91. The van der Waals surface area contributed by atoms with Crippen molar-refractivity contribution in [3.8, 4) is 0 Å². The van der Waals surface area contributed by atoms with Crippen LogP contribution in [0, 0.1) is 25.7 Å². The maximum absolute atomic E-state index is 14.5. The number of imide groups is 1. The monoisotopic (exact) mass is 516 g/mol. The molecule has 3 aliphatic carbocycles. The van der Waals surface area contributed by atoms with Crippen LogP contribution in [0.25, 0.3) is 0 Å². The van der Waals surface area contributed by atoms with Crippen LogP contribution in [0.4, 0.5) is 11.4 Å². The highest BCUT2D eigenvalue weighted by atomic mass is 35.5. The summed E-state index contributed by atoms with van der Waals surface area (Å²) in [4.78, 5) is 35.1. The molecule has 2 atom stereocenters. The van der Waals surface area contributed by atoms with Gasteiger partial charge in [0.15, 0.2) is 0 Å². The number of hydrogen-bond donors (Lipinski definition) is 0. The number of anilines is 1. The van der Waals surface area contributed by atoms with Gasteiger partial charge in [0.05, 0.1) is 28.6 Å². The number of carbonyl (C=O) groups excluding carboxylic acids is 2. The highest BCUT2D eigenvalue weighted by Gasteiger charge is 2.68. The van der Waals surface area contributed by atoms with Crippen LogP contribution in [0.3, 0.4) is 0 Å². The molecule has 0 aromatic heterocycles. The summed E-state index contributed by atoms with van der Waals surface area (Å²) in [5.41, 5.74) is 6.82. The summed E-state index contributed by atoms with van der Waals surface area (Å²) in [7, 11) is 0. The van der Waals surface area contributed by atoms with Crippen molar-refractivity contribution in [3.63, 3.8) is 0 Å². The largest absolute Gasteiger partial charge is 0.274 e. The van der Waals surface area contributed by atoms with Gasteiger partial charge in [-0.1, -0.05) is 77.8 Å². The highest BCUT2D eigenvalue weighted by Crippen LogP contribution is 2.63. The molecule has 0 N–H and O–H groups in total. The Bertz CT molecular complexity index is 1630. The molecule has 4 aliphatic rings. The van der Waals surface area contributed by atoms with Crippen molar-refractivity contribution >= 4 is 41.0 Å². The second-order valence-corrected chi connectivity index (χ2v) is 11.0. The minimum atomic E-state index is -0.883. The van der Waals surface area contributed by atoms with E-state index in [0.29, 0.717) is 10.7 Å². The minimum absolute atomic E-state index is 0.134. The van der Waals surface area contributed by atoms with E-state index in [0.717, 1.165) is 39.1 Å². The van der Waals surface area contributed by atoms with Gasteiger partial charge < -0.3 is 0 Å². The molecule has 4 aromatic carbocycles. The van der Waals surface area contributed by atoms with Crippen LogP contribution < -0.4 is 4.90 Å². The molecule has 38 heavy (non-hydrogen) atoms. The van der Waals surface area contributed by atoms with E-state index in [1.54, 1.807) is 12.1 Å². The van der Waals surface area contributed by atoms with Crippen molar-refractivity contribution in [2.45, 2.75) is 25.2 Å². The van der Waals surface area contributed by atoms with E-state index in [9.17, 15) is 9.59 Å². The van der Waals surface area contributed by atoms with Gasteiger partial charge in [-0.2, -0.15) is 0 Å². The second-order valence-electron chi connectivity index (χ2n) is 10.6. The number of carbonyl (C=O) groups is 2. The number of amides is 2. The van der Waals surface area contributed by atoms with Gasteiger partial charge in [-0.25, -0.2) is 4.90 Å². The lowest BCUT2D eigenvalue weighted by atomic mass is 9.47. The van der Waals surface area contributed by atoms with Crippen molar-refractivity contribution in [2.24, 2.45) is 16.8 Å². The van der Waals surface area contributed by atoms with Crippen LogP contribution in [-0.4, -0.2) is 18.0 Å². The summed E-state index contributed by atoms with van der Waals surface area (Å²) in [6.45, 7) is 3.97. The van der Waals surface area contributed by atoms with Gasteiger partial charge in [0.2, 0.25) is 11.8 Å². The molecule has 1 saturated heterocycles. The zero-order valence-electron chi connectivity index (χ0n) is 21.1. The summed E-state index contributed by atoms with van der Waals surface area (Å²) in [6, 6.07) is 29.7. The van der Waals surface area contributed by atoms with Gasteiger partial charge in [0.1, 0.15) is 0 Å². The summed E-state index contributed by atoms with van der Waals surface area (Å²) in [5.74, 6) is -1.59. The second kappa shape index (κ2) is 8.24. The van der Waals surface area contributed by atoms with Crippen molar-refractivity contribution in [1.29, 1.82) is 0 Å². The third kappa shape index (κ3) is 3.01. The van der Waals surface area contributed by atoms with Gasteiger partial charge in [0, 0.05) is 17.2 Å². The molecule has 0 unspecified atom stereocenters. The fraction of sp³-hybridized carbons (Fsp3) is 0.182. The van der Waals surface area contributed by atoms with Crippen molar-refractivity contribution in [1.82, 2.24) is 0 Å². The third-order valence-electron chi connectivity index (χ3n) is 8.52. The Kier molecular flexibility index (Phi) is 5.01. The maximum atomic E-state index is 14.5. The first-order valence-corrected chi connectivity index (χ1v) is 13.2. The van der Waals surface area contributed by atoms with Crippen LogP contribution >= 0.6 is 11.6 Å². The first-order valence-electron chi connectivity index (χ1n) is 12.9. The molecule has 5 heteroatoms. The number of halogens is 1. The number of rotatable bonds is 3. The fourth-order valence-electron chi connectivity index (χ4n) is 7.05. The van der Waals surface area contributed by atoms with Gasteiger partial charge >= 0.3 is 0 Å². The lowest BCUT2D eigenvalue weighted by Gasteiger charge is -2.52. The Morgan fingerprint density at radius 2 is 1.45 bits per heavy atom. The van der Waals surface area contributed by atoms with Crippen molar-refractivity contribution < 1.29 is 9.59 Å². The molecule has 2 amide bonds. The van der Waals surface area contributed by atoms with Crippen molar-refractivity contribution in [3.05, 3.63) is 129 Å². The molecule has 1 heterocycles. The van der Waals surface area contributed by atoms with E-state index in [4.69, 9.17) is 16.6 Å². The number of aryl methyl sites for hydroxylation is 2. The number of nitrogens with zero attached hydrogens (tertiary/aromatic N) is 2. The lowest BCUT2D eigenvalue weighted by Crippen LogP contribution is -2.54. The molecule has 4 aromatic rings. The summed E-state index contributed by atoms with van der Waals surface area (Å²) in [5, 5.41) is 0.636. The van der Waals surface area contributed by atoms with Crippen LogP contribution in [0.5, 0.6) is 0 Å².